The minimum Gasteiger partial charge on any atom is -0.504 e. The molecule has 0 aliphatic heterocycles. The molecule has 2 fully saturated rings. The summed E-state index contributed by atoms with van der Waals surface area (Å²) in [6.07, 6.45) is 4.13. The SMILES string of the molecule is O=C(Nc1nc(Br)ccc1O)C1C[C@H]2CCC[C@@H](C1)C2=O. The fourth-order valence-electron chi connectivity index (χ4n) is 3.43. The van der Waals surface area contributed by atoms with Crippen LogP contribution in [-0.2, 0) is 9.59 Å². The summed E-state index contributed by atoms with van der Waals surface area (Å²) >= 11 is 3.21. The largest absolute Gasteiger partial charge is 0.504 e. The van der Waals surface area contributed by atoms with Gasteiger partial charge < -0.3 is 10.4 Å². The van der Waals surface area contributed by atoms with Crippen LogP contribution in [0, 0.1) is 17.8 Å². The first kappa shape index (κ1) is 14.5. The van der Waals surface area contributed by atoms with E-state index in [1.807, 2.05) is 0 Å². The second-order valence-corrected chi connectivity index (χ2v) is 6.70. The van der Waals surface area contributed by atoms with Crippen molar-refractivity contribution < 1.29 is 14.7 Å². The highest BCUT2D eigenvalue weighted by Gasteiger charge is 2.41. The molecule has 0 saturated heterocycles. The third kappa shape index (κ3) is 2.95. The number of nitrogens with zero attached hydrogens (tertiary/aromatic N) is 1. The number of carbonyl (C=O) groups excluding carboxylic acids is 2. The molecule has 21 heavy (non-hydrogen) atoms. The molecule has 1 amide bonds. The summed E-state index contributed by atoms with van der Waals surface area (Å²) < 4.78 is 0.547. The van der Waals surface area contributed by atoms with Gasteiger partial charge in [0.15, 0.2) is 11.6 Å². The monoisotopic (exact) mass is 352 g/mol. The first-order valence-corrected chi connectivity index (χ1v) is 8.04. The maximum absolute atomic E-state index is 12.4. The predicted octanol–water partition coefficient (Wildman–Crippen LogP) is 2.88. The molecule has 1 aromatic heterocycles. The van der Waals surface area contributed by atoms with Crippen LogP contribution in [0.1, 0.15) is 32.1 Å². The lowest BCUT2D eigenvalue weighted by atomic mass is 9.67. The molecule has 1 unspecified atom stereocenters. The van der Waals surface area contributed by atoms with E-state index < -0.39 is 0 Å². The van der Waals surface area contributed by atoms with Gasteiger partial charge in [-0.2, -0.15) is 0 Å². The minimum absolute atomic E-state index is 0.0392. The summed E-state index contributed by atoms with van der Waals surface area (Å²) in [4.78, 5) is 28.5. The van der Waals surface area contributed by atoms with E-state index in [1.54, 1.807) is 6.07 Å². The quantitative estimate of drug-likeness (QED) is 0.802. The highest BCUT2D eigenvalue weighted by atomic mass is 79.9. The summed E-state index contributed by atoms with van der Waals surface area (Å²) in [7, 11) is 0. The minimum atomic E-state index is -0.168. The Morgan fingerprint density at radius 1 is 1.29 bits per heavy atom. The maximum Gasteiger partial charge on any atom is 0.228 e. The van der Waals surface area contributed by atoms with Crippen LogP contribution >= 0.6 is 15.9 Å². The van der Waals surface area contributed by atoms with Crippen molar-refractivity contribution in [3.63, 3.8) is 0 Å². The van der Waals surface area contributed by atoms with E-state index >= 15 is 0 Å². The topological polar surface area (TPSA) is 79.3 Å². The summed E-state index contributed by atoms with van der Waals surface area (Å²) in [6.45, 7) is 0. The standard InChI is InChI=1S/C15H17BrN2O3/c16-12-5-4-11(19)14(17-12)18-15(21)10-6-8-2-1-3-9(7-10)13(8)20/h4-5,8-10,19H,1-3,6-7H2,(H,17,18,21)/t8-,9+,10?. The smallest absolute Gasteiger partial charge is 0.228 e. The zero-order chi connectivity index (χ0) is 15.0. The lowest BCUT2D eigenvalue weighted by Crippen LogP contribution is -2.40. The van der Waals surface area contributed by atoms with Gasteiger partial charge in [-0.1, -0.05) is 6.42 Å². The van der Waals surface area contributed by atoms with Crippen molar-refractivity contribution in [1.29, 1.82) is 0 Å². The molecule has 2 aliphatic carbocycles. The van der Waals surface area contributed by atoms with Crippen molar-refractivity contribution in [2.75, 3.05) is 5.32 Å². The molecule has 2 N–H and O–H groups in total. The first-order valence-electron chi connectivity index (χ1n) is 7.24. The molecule has 3 atom stereocenters. The number of Topliss-reactive ketones (excluding diaryl/α,β-unsaturated/α-hetero) is 1. The van der Waals surface area contributed by atoms with Crippen LogP contribution in [0.2, 0.25) is 0 Å². The first-order chi connectivity index (χ1) is 10.0. The van der Waals surface area contributed by atoms with Crippen molar-refractivity contribution in [3.8, 4) is 5.75 Å². The number of pyridine rings is 1. The molecule has 2 aliphatic rings. The molecule has 112 valence electrons. The summed E-state index contributed by atoms with van der Waals surface area (Å²) in [6, 6.07) is 3.08. The molecule has 2 bridgehead atoms. The van der Waals surface area contributed by atoms with Crippen LogP contribution in [-0.4, -0.2) is 21.8 Å². The van der Waals surface area contributed by atoms with E-state index in [2.05, 4.69) is 26.2 Å². The molecule has 0 spiro atoms. The highest BCUT2D eigenvalue weighted by Crippen LogP contribution is 2.40. The van der Waals surface area contributed by atoms with Gasteiger partial charge in [-0.15, -0.1) is 0 Å². The van der Waals surface area contributed by atoms with Gasteiger partial charge in [-0.05, 0) is 53.7 Å². The second-order valence-electron chi connectivity index (χ2n) is 5.89. The lowest BCUT2D eigenvalue weighted by Gasteiger charge is -2.36. The molecular weight excluding hydrogens is 336 g/mol. The molecule has 1 heterocycles. The molecule has 0 radical (unpaired) electrons. The van der Waals surface area contributed by atoms with Gasteiger partial charge in [0.2, 0.25) is 5.91 Å². The summed E-state index contributed by atoms with van der Waals surface area (Å²) in [5.74, 6) is 0.205. The van der Waals surface area contributed by atoms with Crippen LogP contribution in [0.25, 0.3) is 0 Å². The third-order valence-corrected chi connectivity index (χ3v) is 4.94. The lowest BCUT2D eigenvalue weighted by molar-refractivity contribution is -0.136. The van der Waals surface area contributed by atoms with Gasteiger partial charge in [-0.3, -0.25) is 9.59 Å². The van der Waals surface area contributed by atoms with Gasteiger partial charge in [0, 0.05) is 17.8 Å². The van der Waals surface area contributed by atoms with Crippen molar-refractivity contribution in [2.24, 2.45) is 17.8 Å². The van der Waals surface area contributed by atoms with E-state index in [-0.39, 0.29) is 35.2 Å². The zero-order valence-corrected chi connectivity index (χ0v) is 13.1. The number of nitrogens with one attached hydrogen (secondary N) is 1. The van der Waals surface area contributed by atoms with Crippen LogP contribution in [0.15, 0.2) is 16.7 Å². The molecule has 6 heteroatoms. The van der Waals surface area contributed by atoms with E-state index in [0.29, 0.717) is 23.2 Å². The Morgan fingerprint density at radius 2 is 1.95 bits per heavy atom. The number of anilines is 1. The Hall–Kier alpha value is -1.43. The van der Waals surface area contributed by atoms with Crippen molar-refractivity contribution >= 4 is 33.4 Å². The van der Waals surface area contributed by atoms with Crippen molar-refractivity contribution in [1.82, 2.24) is 4.98 Å². The molecule has 1 aromatic rings. The van der Waals surface area contributed by atoms with Gasteiger partial charge in [-0.25, -0.2) is 4.98 Å². The van der Waals surface area contributed by atoms with Gasteiger partial charge in [0.1, 0.15) is 10.4 Å². The number of carbonyl (C=O) groups is 2. The van der Waals surface area contributed by atoms with Crippen LogP contribution in [0.4, 0.5) is 5.82 Å². The molecule has 3 rings (SSSR count). The number of ketones is 1. The van der Waals surface area contributed by atoms with Crippen LogP contribution in [0.5, 0.6) is 5.75 Å². The Balaban J connectivity index is 1.71. The average Bonchev–Trinajstić information content (AvgIpc) is 2.42. The summed E-state index contributed by atoms with van der Waals surface area (Å²) in [5.41, 5.74) is 0. The van der Waals surface area contributed by atoms with Crippen molar-refractivity contribution in [3.05, 3.63) is 16.7 Å². The van der Waals surface area contributed by atoms with E-state index in [1.165, 1.54) is 6.07 Å². The Kier molecular flexibility index (Phi) is 3.97. The zero-order valence-electron chi connectivity index (χ0n) is 11.5. The fourth-order valence-corrected chi connectivity index (χ4v) is 3.74. The van der Waals surface area contributed by atoms with Gasteiger partial charge in [0.25, 0.3) is 0 Å². The normalized spacial score (nSPS) is 28.2. The third-order valence-electron chi connectivity index (χ3n) is 4.50. The Morgan fingerprint density at radius 3 is 2.62 bits per heavy atom. The van der Waals surface area contributed by atoms with E-state index in [9.17, 15) is 14.7 Å². The molecule has 2 saturated carbocycles. The Labute approximate surface area is 131 Å². The predicted molar refractivity (Wildman–Crippen MR) is 80.8 cm³/mol. The van der Waals surface area contributed by atoms with Crippen LogP contribution in [0.3, 0.4) is 0 Å². The number of fused-ring (bicyclic) bond motifs is 2. The fraction of sp³-hybridized carbons (Fsp3) is 0.533. The average molecular weight is 353 g/mol. The number of amides is 1. The number of hydrogen-bond acceptors (Lipinski definition) is 4. The van der Waals surface area contributed by atoms with Crippen LogP contribution < -0.4 is 5.32 Å². The number of hydrogen-bond donors (Lipinski definition) is 2. The molecular formula is C15H17BrN2O3. The number of aromatic nitrogens is 1. The van der Waals surface area contributed by atoms with Gasteiger partial charge >= 0.3 is 0 Å². The number of aromatic hydroxyl groups is 1. The van der Waals surface area contributed by atoms with Gasteiger partial charge in [0.05, 0.1) is 0 Å². The van der Waals surface area contributed by atoms with E-state index in [0.717, 1.165) is 19.3 Å². The molecule has 0 aromatic carbocycles. The van der Waals surface area contributed by atoms with E-state index in [4.69, 9.17) is 0 Å². The Bertz CT molecular complexity index is 574. The number of halogens is 1. The van der Waals surface area contributed by atoms with Crippen molar-refractivity contribution in [2.45, 2.75) is 32.1 Å². The second kappa shape index (κ2) is 5.75. The summed E-state index contributed by atoms with van der Waals surface area (Å²) in [5, 5.41) is 12.4. The maximum atomic E-state index is 12.4. The molecule has 5 nitrogen and oxygen atoms in total. The highest BCUT2D eigenvalue weighted by molar-refractivity contribution is 9.10. The number of rotatable bonds is 2.